The summed E-state index contributed by atoms with van der Waals surface area (Å²) in [5.74, 6) is -0.754. The Labute approximate surface area is 153 Å². The number of benzene rings is 2. The molecule has 0 saturated carbocycles. The van der Waals surface area contributed by atoms with Crippen LogP contribution in [0.15, 0.2) is 53.4 Å². The van der Waals surface area contributed by atoms with Gasteiger partial charge in [0.25, 0.3) is 0 Å². The molecule has 7 heteroatoms. The van der Waals surface area contributed by atoms with Crippen LogP contribution in [-0.4, -0.2) is 20.9 Å². The van der Waals surface area contributed by atoms with Gasteiger partial charge < -0.3 is 5.32 Å². The van der Waals surface area contributed by atoms with Crippen LogP contribution in [0.5, 0.6) is 0 Å². The fourth-order valence-electron chi connectivity index (χ4n) is 2.27. The molecular formula is C19H23FN2O3S. The molecule has 5 nitrogen and oxygen atoms in total. The van der Waals surface area contributed by atoms with Crippen LogP contribution in [-0.2, 0) is 20.2 Å². The molecule has 0 atom stereocenters. The van der Waals surface area contributed by atoms with Gasteiger partial charge in [0.1, 0.15) is 5.82 Å². The number of hydrogen-bond donors (Lipinski definition) is 2. The molecule has 0 aliphatic rings. The summed E-state index contributed by atoms with van der Waals surface area (Å²) in [7, 11) is -3.68. The number of carbonyl (C=O) groups is 1. The van der Waals surface area contributed by atoms with Crippen molar-refractivity contribution in [3.8, 4) is 0 Å². The Kier molecular flexibility index (Phi) is 6.15. The molecule has 0 unspecified atom stereocenters. The third-order valence-corrected chi connectivity index (χ3v) is 5.28. The van der Waals surface area contributed by atoms with Gasteiger partial charge in [0, 0.05) is 18.7 Å². The third kappa shape index (κ3) is 5.64. The number of halogens is 1. The molecule has 26 heavy (non-hydrogen) atoms. The lowest BCUT2D eigenvalue weighted by atomic mass is 9.87. The van der Waals surface area contributed by atoms with Crippen molar-refractivity contribution in [1.82, 2.24) is 4.72 Å². The largest absolute Gasteiger partial charge is 0.326 e. The van der Waals surface area contributed by atoms with Crippen molar-refractivity contribution in [3.05, 3.63) is 59.9 Å². The number of hydrogen-bond acceptors (Lipinski definition) is 3. The first-order chi connectivity index (χ1) is 12.1. The zero-order valence-electron chi connectivity index (χ0n) is 15.0. The van der Waals surface area contributed by atoms with Gasteiger partial charge in [-0.3, -0.25) is 4.79 Å². The lowest BCUT2D eigenvalue weighted by molar-refractivity contribution is -0.116. The van der Waals surface area contributed by atoms with Crippen molar-refractivity contribution < 1.29 is 17.6 Å². The first-order valence-electron chi connectivity index (χ1n) is 8.23. The summed E-state index contributed by atoms with van der Waals surface area (Å²) < 4.78 is 39.8. The van der Waals surface area contributed by atoms with Crippen molar-refractivity contribution in [2.24, 2.45) is 0 Å². The van der Waals surface area contributed by atoms with Crippen molar-refractivity contribution in [1.29, 1.82) is 0 Å². The monoisotopic (exact) mass is 378 g/mol. The number of carbonyl (C=O) groups excluding carboxylic acids is 1. The van der Waals surface area contributed by atoms with E-state index in [4.69, 9.17) is 0 Å². The number of nitrogens with one attached hydrogen (secondary N) is 2. The van der Waals surface area contributed by atoms with Crippen molar-refractivity contribution in [3.63, 3.8) is 0 Å². The van der Waals surface area contributed by atoms with Crippen LogP contribution in [0.1, 0.15) is 32.8 Å². The van der Waals surface area contributed by atoms with Gasteiger partial charge >= 0.3 is 0 Å². The molecule has 2 aromatic carbocycles. The molecule has 0 fully saturated rings. The molecule has 1 amide bonds. The quantitative estimate of drug-likeness (QED) is 0.809. The van der Waals surface area contributed by atoms with Crippen LogP contribution in [0.2, 0.25) is 0 Å². The Bertz CT molecular complexity index is 855. The van der Waals surface area contributed by atoms with Crippen LogP contribution < -0.4 is 10.0 Å². The van der Waals surface area contributed by atoms with E-state index in [2.05, 4.69) is 30.8 Å². The predicted octanol–water partition coefficient (Wildman–Crippen LogP) is 3.43. The van der Waals surface area contributed by atoms with Crippen molar-refractivity contribution in [2.75, 3.05) is 11.9 Å². The van der Waals surface area contributed by atoms with Gasteiger partial charge in [-0.2, -0.15) is 0 Å². The Balaban J connectivity index is 1.89. The summed E-state index contributed by atoms with van der Waals surface area (Å²) in [6, 6.07) is 12.0. The van der Waals surface area contributed by atoms with Crippen LogP contribution in [0.4, 0.5) is 10.1 Å². The second kappa shape index (κ2) is 7.97. The second-order valence-corrected chi connectivity index (χ2v) is 8.74. The standard InChI is InChI=1S/C19H23FN2O3S/c1-19(2,3)14-4-10-17(11-5-14)26(24,25)21-13-12-18(23)22-16-8-6-15(20)7-9-16/h4-11,21H,12-13H2,1-3H3,(H,22,23). The minimum absolute atomic E-state index is 0.0311. The van der Waals surface area contributed by atoms with Crippen LogP contribution in [0.3, 0.4) is 0 Å². The van der Waals surface area contributed by atoms with Gasteiger partial charge in [0.15, 0.2) is 0 Å². The van der Waals surface area contributed by atoms with E-state index >= 15 is 0 Å². The van der Waals surface area contributed by atoms with E-state index in [0.29, 0.717) is 5.69 Å². The van der Waals surface area contributed by atoms with Crippen LogP contribution >= 0.6 is 0 Å². The molecule has 0 heterocycles. The normalized spacial score (nSPS) is 12.0. The number of amides is 1. The van der Waals surface area contributed by atoms with Crippen molar-refractivity contribution in [2.45, 2.75) is 37.5 Å². The van der Waals surface area contributed by atoms with Crippen LogP contribution in [0, 0.1) is 5.82 Å². The molecule has 0 saturated heterocycles. The van der Waals surface area contributed by atoms with E-state index in [1.54, 1.807) is 24.3 Å². The van der Waals surface area contributed by atoms with E-state index < -0.39 is 15.8 Å². The average molecular weight is 378 g/mol. The molecule has 0 aliphatic carbocycles. The molecule has 2 aromatic rings. The number of anilines is 1. The van der Waals surface area contributed by atoms with E-state index in [1.165, 1.54) is 24.3 Å². The topological polar surface area (TPSA) is 75.3 Å². The van der Waals surface area contributed by atoms with Gasteiger partial charge in [0.2, 0.25) is 15.9 Å². The minimum Gasteiger partial charge on any atom is -0.326 e. The molecule has 0 aromatic heterocycles. The van der Waals surface area contributed by atoms with Gasteiger partial charge in [-0.05, 0) is 47.4 Å². The smallest absolute Gasteiger partial charge is 0.240 e. The average Bonchev–Trinajstić information content (AvgIpc) is 2.56. The summed E-state index contributed by atoms with van der Waals surface area (Å²) in [5, 5.41) is 2.58. The molecule has 2 N–H and O–H groups in total. The van der Waals surface area contributed by atoms with E-state index in [9.17, 15) is 17.6 Å². The Morgan fingerprint density at radius 3 is 2.12 bits per heavy atom. The Hall–Kier alpha value is -2.25. The molecular weight excluding hydrogens is 355 g/mol. The summed E-state index contributed by atoms with van der Waals surface area (Å²) in [5.41, 5.74) is 1.43. The highest BCUT2D eigenvalue weighted by Crippen LogP contribution is 2.23. The maximum Gasteiger partial charge on any atom is 0.240 e. The SMILES string of the molecule is CC(C)(C)c1ccc(S(=O)(=O)NCCC(=O)Nc2ccc(F)cc2)cc1. The van der Waals surface area contributed by atoms with Gasteiger partial charge in [-0.15, -0.1) is 0 Å². The van der Waals surface area contributed by atoms with E-state index in [0.717, 1.165) is 5.56 Å². The maximum atomic E-state index is 12.8. The summed E-state index contributed by atoms with van der Waals surface area (Å²) >= 11 is 0. The minimum atomic E-state index is -3.68. The fourth-order valence-corrected chi connectivity index (χ4v) is 3.30. The zero-order valence-corrected chi connectivity index (χ0v) is 15.9. The van der Waals surface area contributed by atoms with Gasteiger partial charge in [-0.1, -0.05) is 32.9 Å². The van der Waals surface area contributed by atoms with Gasteiger partial charge in [-0.25, -0.2) is 17.5 Å². The number of rotatable bonds is 6. The van der Waals surface area contributed by atoms with E-state index in [-0.39, 0.29) is 29.2 Å². The highest BCUT2D eigenvalue weighted by molar-refractivity contribution is 7.89. The fraction of sp³-hybridized carbons (Fsp3) is 0.316. The predicted molar refractivity (Wildman–Crippen MR) is 100.0 cm³/mol. The van der Waals surface area contributed by atoms with E-state index in [1.807, 2.05) is 0 Å². The molecule has 2 rings (SSSR count). The summed E-state index contributed by atoms with van der Waals surface area (Å²) in [6.07, 6.45) is -0.0311. The highest BCUT2D eigenvalue weighted by Gasteiger charge is 2.17. The summed E-state index contributed by atoms with van der Waals surface area (Å²) in [6.45, 7) is 6.12. The van der Waals surface area contributed by atoms with Gasteiger partial charge in [0.05, 0.1) is 4.90 Å². The Morgan fingerprint density at radius 1 is 1.00 bits per heavy atom. The number of sulfonamides is 1. The third-order valence-electron chi connectivity index (χ3n) is 3.80. The highest BCUT2D eigenvalue weighted by atomic mass is 32.2. The lowest BCUT2D eigenvalue weighted by Gasteiger charge is -2.19. The first-order valence-corrected chi connectivity index (χ1v) is 9.72. The molecule has 0 aliphatic heterocycles. The molecule has 0 spiro atoms. The summed E-state index contributed by atoms with van der Waals surface area (Å²) in [4.78, 5) is 12.0. The maximum absolute atomic E-state index is 12.8. The second-order valence-electron chi connectivity index (χ2n) is 6.98. The van der Waals surface area contributed by atoms with Crippen LogP contribution in [0.25, 0.3) is 0 Å². The molecule has 0 radical (unpaired) electrons. The Morgan fingerprint density at radius 2 is 1.58 bits per heavy atom. The molecule has 140 valence electrons. The van der Waals surface area contributed by atoms with Crippen molar-refractivity contribution >= 4 is 21.6 Å². The molecule has 0 bridgehead atoms. The zero-order chi connectivity index (χ0) is 19.4. The first kappa shape index (κ1) is 20.1. The lowest BCUT2D eigenvalue weighted by Crippen LogP contribution is -2.28.